The fraction of sp³-hybridized carbons (Fsp3) is 0.350. The molecule has 8 heteroatoms. The Morgan fingerprint density at radius 3 is 2.25 bits per heavy atom. The Hall–Kier alpha value is -1.90. The minimum absolute atomic E-state index is 0.131. The summed E-state index contributed by atoms with van der Waals surface area (Å²) in [5, 5.41) is 2.85. The number of carbonyl (C=O) groups excluding carboxylic acids is 1. The number of rotatable bonds is 9. The Morgan fingerprint density at radius 2 is 1.71 bits per heavy atom. The number of amides is 1. The first-order valence-electron chi connectivity index (χ1n) is 9.05. The molecule has 152 valence electrons. The molecule has 1 atom stereocenters. The molecule has 0 spiro atoms. The summed E-state index contributed by atoms with van der Waals surface area (Å²) in [5.74, 6) is 0.248. The first-order valence-corrected chi connectivity index (χ1v) is 11.3. The maximum atomic E-state index is 12.9. The van der Waals surface area contributed by atoms with Crippen LogP contribution in [-0.4, -0.2) is 38.3 Å². The lowest BCUT2D eigenvalue weighted by Gasteiger charge is -2.22. The van der Waals surface area contributed by atoms with E-state index in [0.717, 1.165) is 14.3 Å². The van der Waals surface area contributed by atoms with E-state index in [4.69, 9.17) is 4.74 Å². The van der Waals surface area contributed by atoms with E-state index in [1.807, 2.05) is 38.1 Å². The number of likely N-dealkylation sites (N-methyl/N-ethyl adjacent to an activating group) is 1. The summed E-state index contributed by atoms with van der Waals surface area (Å²) >= 11 is 3.38. The number of halogens is 1. The quantitative estimate of drug-likeness (QED) is 0.607. The van der Waals surface area contributed by atoms with Gasteiger partial charge in [0.2, 0.25) is 15.9 Å². The smallest absolute Gasteiger partial charge is 0.243 e. The van der Waals surface area contributed by atoms with Crippen molar-refractivity contribution in [2.45, 2.75) is 31.7 Å². The van der Waals surface area contributed by atoms with Gasteiger partial charge >= 0.3 is 0 Å². The van der Waals surface area contributed by atoms with Gasteiger partial charge < -0.3 is 10.1 Å². The zero-order valence-electron chi connectivity index (χ0n) is 16.2. The molecule has 0 saturated carbocycles. The van der Waals surface area contributed by atoms with E-state index in [1.165, 1.54) is 12.1 Å². The minimum atomic E-state index is -3.77. The SMILES string of the molecule is CCOc1ccc(S(=O)(=O)N(CC)CC(=O)N[C@@H](C)c2ccc(Br)cc2)cc1. The van der Waals surface area contributed by atoms with E-state index < -0.39 is 10.0 Å². The van der Waals surface area contributed by atoms with Gasteiger partial charge in [0.15, 0.2) is 0 Å². The maximum Gasteiger partial charge on any atom is 0.243 e. The van der Waals surface area contributed by atoms with Crippen LogP contribution < -0.4 is 10.1 Å². The molecular weight excluding hydrogens is 444 g/mol. The van der Waals surface area contributed by atoms with Crippen molar-refractivity contribution >= 4 is 31.9 Å². The molecule has 2 aromatic carbocycles. The molecule has 0 fully saturated rings. The van der Waals surface area contributed by atoms with E-state index >= 15 is 0 Å². The number of nitrogens with zero attached hydrogens (tertiary/aromatic N) is 1. The molecule has 0 saturated heterocycles. The van der Waals surface area contributed by atoms with E-state index in [9.17, 15) is 13.2 Å². The molecule has 0 aromatic heterocycles. The number of benzene rings is 2. The number of ether oxygens (including phenoxy) is 1. The second-order valence-corrected chi connectivity index (χ2v) is 9.03. The summed E-state index contributed by atoms with van der Waals surface area (Å²) < 4.78 is 33.2. The molecule has 0 aliphatic heterocycles. The number of sulfonamides is 1. The molecule has 0 heterocycles. The van der Waals surface area contributed by atoms with Crippen molar-refractivity contribution in [3.8, 4) is 5.75 Å². The van der Waals surface area contributed by atoms with Gasteiger partial charge in [-0.05, 0) is 55.8 Å². The number of hydrogen-bond donors (Lipinski definition) is 1. The molecule has 6 nitrogen and oxygen atoms in total. The number of hydrogen-bond acceptors (Lipinski definition) is 4. The third kappa shape index (κ3) is 5.80. The average Bonchev–Trinajstić information content (AvgIpc) is 2.67. The van der Waals surface area contributed by atoms with Gasteiger partial charge in [0, 0.05) is 11.0 Å². The Kier molecular flexibility index (Phi) is 8.03. The summed E-state index contributed by atoms with van der Waals surface area (Å²) in [7, 11) is -3.77. The minimum Gasteiger partial charge on any atom is -0.494 e. The Balaban J connectivity index is 2.06. The zero-order chi connectivity index (χ0) is 20.7. The van der Waals surface area contributed by atoms with Gasteiger partial charge in [-0.2, -0.15) is 4.31 Å². The van der Waals surface area contributed by atoms with Gasteiger partial charge in [-0.15, -0.1) is 0 Å². The first-order chi connectivity index (χ1) is 13.3. The Labute approximate surface area is 175 Å². The molecule has 28 heavy (non-hydrogen) atoms. The molecule has 0 bridgehead atoms. The molecule has 1 N–H and O–H groups in total. The lowest BCUT2D eigenvalue weighted by Crippen LogP contribution is -2.41. The molecule has 2 rings (SSSR count). The second-order valence-electron chi connectivity index (χ2n) is 6.18. The largest absolute Gasteiger partial charge is 0.494 e. The van der Waals surface area contributed by atoms with E-state index in [-0.39, 0.29) is 29.9 Å². The van der Waals surface area contributed by atoms with Crippen LogP contribution in [0, 0.1) is 0 Å². The Morgan fingerprint density at radius 1 is 1.11 bits per heavy atom. The van der Waals surface area contributed by atoms with Crippen molar-refractivity contribution in [2.75, 3.05) is 19.7 Å². The molecular formula is C20H25BrN2O4S. The van der Waals surface area contributed by atoms with E-state index in [2.05, 4.69) is 21.2 Å². The second kappa shape index (κ2) is 10.0. The predicted molar refractivity (Wildman–Crippen MR) is 113 cm³/mol. The molecule has 2 aromatic rings. The molecule has 0 aliphatic rings. The van der Waals surface area contributed by atoms with Crippen LogP contribution in [0.3, 0.4) is 0 Å². The topological polar surface area (TPSA) is 75.7 Å². The fourth-order valence-electron chi connectivity index (χ4n) is 2.67. The van der Waals surface area contributed by atoms with Crippen LogP contribution in [0.5, 0.6) is 5.75 Å². The highest BCUT2D eigenvalue weighted by Crippen LogP contribution is 2.20. The van der Waals surface area contributed by atoms with Gasteiger partial charge in [0.25, 0.3) is 0 Å². The molecule has 0 unspecified atom stereocenters. The predicted octanol–water partition coefficient (Wildman–Crippen LogP) is 3.74. The van der Waals surface area contributed by atoms with Crippen LogP contribution >= 0.6 is 15.9 Å². The first kappa shape index (κ1) is 22.4. The van der Waals surface area contributed by atoms with E-state index in [1.54, 1.807) is 19.1 Å². The van der Waals surface area contributed by atoms with Crippen molar-refractivity contribution in [2.24, 2.45) is 0 Å². The van der Waals surface area contributed by atoms with Gasteiger partial charge in [-0.1, -0.05) is 35.0 Å². The lowest BCUT2D eigenvalue weighted by atomic mass is 10.1. The number of nitrogens with one attached hydrogen (secondary N) is 1. The van der Waals surface area contributed by atoms with Gasteiger partial charge in [-0.25, -0.2) is 8.42 Å². The standard InChI is InChI=1S/C20H25BrN2O4S/c1-4-23(28(25,26)19-12-10-18(11-13-19)27-5-2)14-20(24)22-15(3)16-6-8-17(21)9-7-16/h6-13,15H,4-5,14H2,1-3H3,(H,22,24)/t15-/m0/s1. The van der Waals surface area contributed by atoms with Gasteiger partial charge in [0.05, 0.1) is 24.1 Å². The third-order valence-corrected chi connectivity index (χ3v) is 6.66. The van der Waals surface area contributed by atoms with Crippen LogP contribution in [0.15, 0.2) is 57.9 Å². The van der Waals surface area contributed by atoms with Crippen LogP contribution in [0.4, 0.5) is 0 Å². The highest BCUT2D eigenvalue weighted by Gasteiger charge is 2.25. The fourth-order valence-corrected chi connectivity index (χ4v) is 4.34. The molecule has 0 radical (unpaired) electrons. The average molecular weight is 469 g/mol. The summed E-state index contributed by atoms with van der Waals surface area (Å²) in [6, 6.07) is 13.6. The maximum absolute atomic E-state index is 12.9. The van der Waals surface area contributed by atoms with Crippen molar-refractivity contribution in [3.05, 3.63) is 58.6 Å². The van der Waals surface area contributed by atoms with Crippen LogP contribution in [0.2, 0.25) is 0 Å². The highest BCUT2D eigenvalue weighted by atomic mass is 79.9. The van der Waals surface area contributed by atoms with Crippen molar-refractivity contribution < 1.29 is 17.9 Å². The molecule has 0 aliphatic carbocycles. The van der Waals surface area contributed by atoms with Gasteiger partial charge in [0.1, 0.15) is 5.75 Å². The summed E-state index contributed by atoms with van der Waals surface area (Å²) in [5.41, 5.74) is 0.939. The normalized spacial score (nSPS) is 12.6. The van der Waals surface area contributed by atoms with Crippen LogP contribution in [0.1, 0.15) is 32.4 Å². The summed E-state index contributed by atoms with van der Waals surface area (Å²) in [6.07, 6.45) is 0. The highest BCUT2D eigenvalue weighted by molar-refractivity contribution is 9.10. The molecule has 1 amide bonds. The van der Waals surface area contributed by atoms with Crippen LogP contribution in [0.25, 0.3) is 0 Å². The summed E-state index contributed by atoms with van der Waals surface area (Å²) in [6.45, 7) is 5.87. The third-order valence-electron chi connectivity index (χ3n) is 4.19. The van der Waals surface area contributed by atoms with Crippen molar-refractivity contribution in [3.63, 3.8) is 0 Å². The zero-order valence-corrected chi connectivity index (χ0v) is 18.6. The monoisotopic (exact) mass is 468 g/mol. The number of carbonyl (C=O) groups is 1. The van der Waals surface area contributed by atoms with E-state index in [0.29, 0.717) is 12.4 Å². The van der Waals surface area contributed by atoms with Crippen molar-refractivity contribution in [1.29, 1.82) is 0 Å². The van der Waals surface area contributed by atoms with Gasteiger partial charge in [-0.3, -0.25) is 4.79 Å². The van der Waals surface area contributed by atoms with Crippen molar-refractivity contribution in [1.82, 2.24) is 9.62 Å². The summed E-state index contributed by atoms with van der Waals surface area (Å²) in [4.78, 5) is 12.6. The van der Waals surface area contributed by atoms with Crippen LogP contribution in [-0.2, 0) is 14.8 Å². The Bertz CT molecular complexity index is 883. The lowest BCUT2D eigenvalue weighted by molar-refractivity contribution is -0.121.